The van der Waals surface area contributed by atoms with E-state index >= 15 is 0 Å². The SMILES string of the molecule is CCOC(=O)c1ccc(NC(=S)N2CCC([NH+](C)C(C)C)CC2)cc1. The Morgan fingerprint density at radius 3 is 2.44 bits per heavy atom. The Balaban J connectivity index is 1.85. The van der Waals surface area contributed by atoms with Gasteiger partial charge in [-0.3, -0.25) is 0 Å². The highest BCUT2D eigenvalue weighted by atomic mass is 32.1. The molecule has 25 heavy (non-hydrogen) atoms. The van der Waals surface area contributed by atoms with Crippen LogP contribution in [-0.4, -0.2) is 54.8 Å². The molecular weight excluding hydrogens is 334 g/mol. The van der Waals surface area contributed by atoms with Gasteiger partial charge < -0.3 is 19.9 Å². The number of likely N-dealkylation sites (tertiary alicyclic amines) is 1. The maximum Gasteiger partial charge on any atom is 0.338 e. The van der Waals surface area contributed by atoms with Crippen molar-refractivity contribution in [2.45, 2.75) is 45.7 Å². The molecule has 1 atom stereocenters. The standard InChI is InChI=1S/C19H29N3O2S/c1-5-24-18(23)15-6-8-16(9-7-15)20-19(25)22-12-10-17(11-13-22)21(4)14(2)3/h6-9,14,17H,5,10-13H2,1-4H3,(H,20,25)/p+1. The molecule has 6 heteroatoms. The van der Waals surface area contributed by atoms with Gasteiger partial charge in [0.1, 0.15) is 0 Å². The van der Waals surface area contributed by atoms with Gasteiger partial charge in [-0.2, -0.15) is 0 Å². The normalized spacial score (nSPS) is 16.6. The van der Waals surface area contributed by atoms with Crippen molar-refractivity contribution in [1.82, 2.24) is 4.90 Å². The third-order valence-corrected chi connectivity index (χ3v) is 5.34. The summed E-state index contributed by atoms with van der Waals surface area (Å²) < 4.78 is 4.99. The van der Waals surface area contributed by atoms with E-state index in [1.54, 1.807) is 24.0 Å². The van der Waals surface area contributed by atoms with Gasteiger partial charge >= 0.3 is 5.97 Å². The second-order valence-corrected chi connectivity index (χ2v) is 7.27. The van der Waals surface area contributed by atoms with Crippen LogP contribution in [0.5, 0.6) is 0 Å². The molecule has 1 aliphatic rings. The number of carbonyl (C=O) groups excluding carboxylic acids is 1. The molecule has 1 heterocycles. The average Bonchev–Trinajstić information content (AvgIpc) is 2.62. The molecule has 138 valence electrons. The number of piperidine rings is 1. The summed E-state index contributed by atoms with van der Waals surface area (Å²) >= 11 is 5.55. The van der Waals surface area contributed by atoms with Gasteiger partial charge in [0.2, 0.25) is 0 Å². The molecule has 2 rings (SSSR count). The van der Waals surface area contributed by atoms with Crippen LogP contribution in [0.3, 0.4) is 0 Å². The predicted molar refractivity (Wildman–Crippen MR) is 105 cm³/mol. The van der Waals surface area contributed by atoms with Crippen molar-refractivity contribution in [2.75, 3.05) is 32.1 Å². The van der Waals surface area contributed by atoms with Crippen LogP contribution in [0.4, 0.5) is 5.69 Å². The van der Waals surface area contributed by atoms with E-state index in [2.05, 4.69) is 31.1 Å². The second kappa shape index (κ2) is 9.15. The topological polar surface area (TPSA) is 46.0 Å². The molecule has 0 saturated carbocycles. The number of nitrogens with zero attached hydrogens (tertiary/aromatic N) is 1. The van der Waals surface area contributed by atoms with Crippen molar-refractivity contribution in [2.24, 2.45) is 0 Å². The Kier molecular flexibility index (Phi) is 7.20. The number of nitrogens with one attached hydrogen (secondary N) is 2. The minimum absolute atomic E-state index is 0.296. The molecular formula is C19H30N3O2S+. The van der Waals surface area contributed by atoms with Gasteiger partial charge in [0, 0.05) is 31.6 Å². The van der Waals surface area contributed by atoms with Crippen LogP contribution in [-0.2, 0) is 4.74 Å². The fourth-order valence-electron chi connectivity index (χ4n) is 3.12. The molecule has 5 nitrogen and oxygen atoms in total. The summed E-state index contributed by atoms with van der Waals surface area (Å²) in [7, 11) is 2.28. The Bertz CT molecular complexity index is 581. The Morgan fingerprint density at radius 1 is 1.32 bits per heavy atom. The molecule has 0 aromatic heterocycles. The molecule has 1 aromatic rings. The summed E-state index contributed by atoms with van der Waals surface area (Å²) in [5.74, 6) is -0.296. The van der Waals surface area contributed by atoms with E-state index in [1.807, 2.05) is 12.1 Å². The molecule has 1 unspecified atom stereocenters. The maximum atomic E-state index is 11.7. The van der Waals surface area contributed by atoms with Crippen molar-refractivity contribution in [3.63, 3.8) is 0 Å². The lowest BCUT2D eigenvalue weighted by atomic mass is 10.0. The van der Waals surface area contributed by atoms with Crippen LogP contribution >= 0.6 is 12.2 Å². The van der Waals surface area contributed by atoms with Crippen LogP contribution in [0.1, 0.15) is 44.0 Å². The summed E-state index contributed by atoms with van der Waals surface area (Å²) in [6.45, 7) is 8.70. The number of benzene rings is 1. The van der Waals surface area contributed by atoms with E-state index in [-0.39, 0.29) is 5.97 Å². The van der Waals surface area contributed by atoms with Gasteiger partial charge in [0.05, 0.1) is 31.3 Å². The number of hydrogen-bond acceptors (Lipinski definition) is 3. The monoisotopic (exact) mass is 364 g/mol. The fourth-order valence-corrected chi connectivity index (χ4v) is 3.42. The average molecular weight is 365 g/mol. The van der Waals surface area contributed by atoms with Crippen molar-refractivity contribution < 1.29 is 14.4 Å². The summed E-state index contributed by atoms with van der Waals surface area (Å²) in [5.41, 5.74) is 1.45. The zero-order chi connectivity index (χ0) is 18.4. The number of anilines is 1. The van der Waals surface area contributed by atoms with Crippen molar-refractivity contribution in [3.8, 4) is 0 Å². The highest BCUT2D eigenvalue weighted by Crippen LogP contribution is 2.14. The lowest BCUT2D eigenvalue weighted by molar-refractivity contribution is -0.928. The molecule has 0 aliphatic carbocycles. The zero-order valence-electron chi connectivity index (χ0n) is 15.7. The predicted octanol–water partition coefficient (Wildman–Crippen LogP) is 1.95. The number of rotatable bonds is 5. The summed E-state index contributed by atoms with van der Waals surface area (Å²) in [6.07, 6.45) is 2.32. The summed E-state index contributed by atoms with van der Waals surface area (Å²) in [5, 5.41) is 4.03. The van der Waals surface area contributed by atoms with E-state index in [1.165, 1.54) is 0 Å². The number of carbonyl (C=O) groups is 1. The van der Waals surface area contributed by atoms with Crippen molar-refractivity contribution in [1.29, 1.82) is 0 Å². The van der Waals surface area contributed by atoms with Crippen LogP contribution < -0.4 is 10.2 Å². The van der Waals surface area contributed by atoms with Crippen molar-refractivity contribution >= 4 is 29.0 Å². The molecule has 1 aliphatic heterocycles. The van der Waals surface area contributed by atoms with Crippen LogP contribution in [0.15, 0.2) is 24.3 Å². The quantitative estimate of drug-likeness (QED) is 0.618. The van der Waals surface area contributed by atoms with Crippen LogP contribution in [0.25, 0.3) is 0 Å². The number of hydrogen-bond donors (Lipinski definition) is 2. The molecule has 0 spiro atoms. The first-order valence-corrected chi connectivity index (χ1v) is 9.49. The van der Waals surface area contributed by atoms with Gasteiger partial charge in [-0.15, -0.1) is 0 Å². The minimum Gasteiger partial charge on any atom is -0.462 e. The zero-order valence-corrected chi connectivity index (χ0v) is 16.5. The summed E-state index contributed by atoms with van der Waals surface area (Å²) in [4.78, 5) is 15.5. The molecule has 2 N–H and O–H groups in total. The Hall–Kier alpha value is -1.66. The van der Waals surface area contributed by atoms with E-state index in [4.69, 9.17) is 17.0 Å². The van der Waals surface area contributed by atoms with Crippen molar-refractivity contribution in [3.05, 3.63) is 29.8 Å². The maximum absolute atomic E-state index is 11.7. The Labute approximate surface area is 156 Å². The smallest absolute Gasteiger partial charge is 0.338 e. The third-order valence-electron chi connectivity index (χ3n) is 4.98. The molecule has 0 bridgehead atoms. The molecule has 1 saturated heterocycles. The van der Waals surface area contributed by atoms with Gasteiger partial charge in [-0.25, -0.2) is 4.79 Å². The first-order chi connectivity index (χ1) is 11.9. The minimum atomic E-state index is -0.296. The number of esters is 1. The Morgan fingerprint density at radius 2 is 1.92 bits per heavy atom. The second-order valence-electron chi connectivity index (χ2n) is 6.89. The van der Waals surface area contributed by atoms with Gasteiger partial charge in [0.25, 0.3) is 0 Å². The van der Waals surface area contributed by atoms with E-state index in [0.29, 0.717) is 24.3 Å². The largest absolute Gasteiger partial charge is 0.462 e. The lowest BCUT2D eigenvalue weighted by Gasteiger charge is -2.37. The third kappa shape index (κ3) is 5.41. The number of ether oxygens (including phenoxy) is 1. The van der Waals surface area contributed by atoms with Gasteiger partial charge in [0.15, 0.2) is 5.11 Å². The van der Waals surface area contributed by atoms with E-state index in [9.17, 15) is 4.79 Å². The van der Waals surface area contributed by atoms with Gasteiger partial charge in [-0.1, -0.05) is 0 Å². The molecule has 0 radical (unpaired) electrons. The fraction of sp³-hybridized carbons (Fsp3) is 0.579. The van der Waals surface area contributed by atoms with E-state index < -0.39 is 0 Å². The lowest BCUT2D eigenvalue weighted by Crippen LogP contribution is -3.16. The number of thiocarbonyl (C=S) groups is 1. The molecule has 1 aromatic carbocycles. The van der Waals surface area contributed by atoms with E-state index in [0.717, 1.165) is 36.7 Å². The highest BCUT2D eigenvalue weighted by Gasteiger charge is 2.27. The van der Waals surface area contributed by atoms with Crippen LogP contribution in [0.2, 0.25) is 0 Å². The molecule has 1 fully saturated rings. The molecule has 0 amide bonds. The first-order valence-electron chi connectivity index (χ1n) is 9.08. The number of quaternary nitrogens is 1. The first kappa shape index (κ1) is 19.7. The van der Waals surface area contributed by atoms with Gasteiger partial charge in [-0.05, 0) is 57.3 Å². The van der Waals surface area contributed by atoms with Crippen LogP contribution in [0, 0.1) is 0 Å². The highest BCUT2D eigenvalue weighted by molar-refractivity contribution is 7.80. The summed E-state index contributed by atoms with van der Waals surface area (Å²) in [6, 6.07) is 8.61.